The number of benzene rings is 1. The van der Waals surface area contributed by atoms with Crippen molar-refractivity contribution in [2.24, 2.45) is 11.8 Å². The number of hydrogen-bond donors (Lipinski definition) is 0. The first-order chi connectivity index (χ1) is 15.0. The minimum absolute atomic E-state index is 0.102. The first-order valence-electron chi connectivity index (χ1n) is 12.0. The van der Waals surface area contributed by atoms with E-state index in [4.69, 9.17) is 18.6 Å². The molecule has 0 unspecified atom stereocenters. The Morgan fingerprint density at radius 1 is 1.03 bits per heavy atom. The van der Waals surface area contributed by atoms with Crippen molar-refractivity contribution in [3.63, 3.8) is 0 Å². The van der Waals surface area contributed by atoms with Crippen LogP contribution in [0.5, 0.6) is 5.75 Å². The van der Waals surface area contributed by atoms with E-state index in [0.717, 1.165) is 24.2 Å². The van der Waals surface area contributed by atoms with Crippen molar-refractivity contribution < 1.29 is 18.6 Å². The molecule has 0 fully saturated rings. The molecule has 1 aromatic rings. The van der Waals surface area contributed by atoms with E-state index in [1.807, 2.05) is 19.2 Å². The van der Waals surface area contributed by atoms with Crippen molar-refractivity contribution in [2.75, 3.05) is 20.8 Å². The minimum Gasteiger partial charge on any atom is -0.497 e. The van der Waals surface area contributed by atoms with Crippen molar-refractivity contribution in [1.29, 1.82) is 0 Å². The van der Waals surface area contributed by atoms with Gasteiger partial charge < -0.3 is 18.6 Å². The highest BCUT2D eigenvalue weighted by molar-refractivity contribution is 6.74. The standard InChI is InChI=1S/C27H48O4Si/c1-11-12-13-21(2)26(29-8)22(3)25(31-32(9,10)27(4,5)6)18-19-30-20-23-14-16-24(28-7)17-15-23/h11-12,14-17,21-22,25-26H,13,18-20H2,1-10H3/b12-11+/t21-,22+,25+,26+/m0/s1. The van der Waals surface area contributed by atoms with Gasteiger partial charge in [-0.2, -0.15) is 0 Å². The lowest BCUT2D eigenvalue weighted by Gasteiger charge is -2.43. The smallest absolute Gasteiger partial charge is 0.192 e. The van der Waals surface area contributed by atoms with Crippen LogP contribution in [-0.4, -0.2) is 41.4 Å². The maximum absolute atomic E-state index is 6.93. The highest BCUT2D eigenvalue weighted by atomic mass is 28.4. The van der Waals surface area contributed by atoms with Crippen LogP contribution in [0.25, 0.3) is 0 Å². The number of rotatable bonds is 14. The lowest BCUT2D eigenvalue weighted by Crippen LogP contribution is -2.48. The molecule has 0 saturated carbocycles. The number of methoxy groups -OCH3 is 2. The molecule has 0 N–H and O–H groups in total. The summed E-state index contributed by atoms with van der Waals surface area (Å²) >= 11 is 0. The highest BCUT2D eigenvalue weighted by Gasteiger charge is 2.41. The number of allylic oxidation sites excluding steroid dienone is 2. The zero-order valence-electron chi connectivity index (χ0n) is 22.2. The zero-order chi connectivity index (χ0) is 24.4. The van der Waals surface area contributed by atoms with Gasteiger partial charge in [-0.05, 0) is 61.5 Å². The summed E-state index contributed by atoms with van der Waals surface area (Å²) in [6.45, 7) is 19.4. The molecule has 1 rings (SSSR count). The Balaban J connectivity index is 2.86. The Bertz CT molecular complexity index is 663. The molecule has 184 valence electrons. The van der Waals surface area contributed by atoms with E-state index in [1.165, 1.54) is 0 Å². The van der Waals surface area contributed by atoms with Gasteiger partial charge in [-0.25, -0.2) is 0 Å². The molecule has 5 heteroatoms. The maximum Gasteiger partial charge on any atom is 0.192 e. The summed E-state index contributed by atoms with van der Waals surface area (Å²) < 4.78 is 24.2. The largest absolute Gasteiger partial charge is 0.497 e. The lowest BCUT2D eigenvalue weighted by molar-refractivity contribution is -0.0391. The zero-order valence-corrected chi connectivity index (χ0v) is 23.2. The summed E-state index contributed by atoms with van der Waals surface area (Å²) in [4.78, 5) is 0. The monoisotopic (exact) mass is 464 g/mol. The van der Waals surface area contributed by atoms with Crippen LogP contribution >= 0.6 is 0 Å². The topological polar surface area (TPSA) is 36.9 Å². The van der Waals surface area contributed by atoms with Gasteiger partial charge in [-0.1, -0.05) is 58.9 Å². The molecule has 0 spiro atoms. The van der Waals surface area contributed by atoms with Gasteiger partial charge in [0.1, 0.15) is 5.75 Å². The normalized spacial score (nSPS) is 16.7. The fourth-order valence-corrected chi connectivity index (χ4v) is 5.20. The summed E-state index contributed by atoms with van der Waals surface area (Å²) in [5.74, 6) is 1.57. The average molecular weight is 465 g/mol. The van der Waals surface area contributed by atoms with Gasteiger partial charge in [-0.15, -0.1) is 0 Å². The van der Waals surface area contributed by atoms with Crippen molar-refractivity contribution in [1.82, 2.24) is 0 Å². The molecule has 4 nitrogen and oxygen atoms in total. The van der Waals surface area contributed by atoms with Gasteiger partial charge in [0.15, 0.2) is 8.32 Å². The molecule has 0 heterocycles. The van der Waals surface area contributed by atoms with E-state index in [2.05, 4.69) is 78.9 Å². The van der Waals surface area contributed by atoms with Gasteiger partial charge in [0.2, 0.25) is 0 Å². The minimum atomic E-state index is -1.92. The first-order valence-corrected chi connectivity index (χ1v) is 14.9. The second-order valence-electron chi connectivity index (χ2n) is 10.4. The molecule has 0 radical (unpaired) electrons. The molecule has 32 heavy (non-hydrogen) atoms. The Hall–Kier alpha value is -1.14. The summed E-state index contributed by atoms with van der Waals surface area (Å²) in [6, 6.07) is 8.04. The molecule has 0 amide bonds. The lowest BCUT2D eigenvalue weighted by atomic mass is 9.86. The van der Waals surface area contributed by atoms with Gasteiger partial charge in [0.05, 0.1) is 25.9 Å². The van der Waals surface area contributed by atoms with Crippen molar-refractivity contribution in [2.45, 2.75) is 91.3 Å². The van der Waals surface area contributed by atoms with Crippen molar-refractivity contribution >= 4 is 8.32 Å². The molecule has 0 aromatic heterocycles. The van der Waals surface area contributed by atoms with Crippen molar-refractivity contribution in [3.05, 3.63) is 42.0 Å². The summed E-state index contributed by atoms with van der Waals surface area (Å²) in [7, 11) is 1.59. The predicted molar refractivity (Wildman–Crippen MR) is 138 cm³/mol. The molecule has 0 aliphatic carbocycles. The highest BCUT2D eigenvalue weighted by Crippen LogP contribution is 2.39. The third kappa shape index (κ3) is 9.01. The third-order valence-electron chi connectivity index (χ3n) is 6.91. The molecule has 1 aromatic carbocycles. The second-order valence-corrected chi connectivity index (χ2v) is 15.2. The van der Waals surface area contributed by atoms with Gasteiger partial charge in [-0.3, -0.25) is 0 Å². The van der Waals surface area contributed by atoms with Crippen LogP contribution in [0.2, 0.25) is 18.1 Å². The van der Waals surface area contributed by atoms with E-state index in [1.54, 1.807) is 7.11 Å². The SMILES string of the molecule is C/C=C/C[C@H](C)[C@@H](OC)[C@H](C)[C@@H](CCOCc1ccc(OC)cc1)O[Si](C)(C)C(C)(C)C. The van der Waals surface area contributed by atoms with E-state index in [-0.39, 0.29) is 23.2 Å². The molecule has 0 saturated heterocycles. The Labute approximate surface area is 198 Å². The molecular formula is C27H48O4Si. The second kappa shape index (κ2) is 13.5. The number of ether oxygens (including phenoxy) is 3. The van der Waals surface area contributed by atoms with E-state index in [9.17, 15) is 0 Å². The maximum atomic E-state index is 6.93. The van der Waals surface area contributed by atoms with Crippen LogP contribution in [0, 0.1) is 11.8 Å². The van der Waals surface area contributed by atoms with Crippen LogP contribution in [0.1, 0.15) is 59.9 Å². The Morgan fingerprint density at radius 3 is 2.16 bits per heavy atom. The number of hydrogen-bond acceptors (Lipinski definition) is 4. The Kier molecular flexibility index (Phi) is 12.2. The van der Waals surface area contributed by atoms with Gasteiger partial charge in [0.25, 0.3) is 0 Å². The summed E-state index contributed by atoms with van der Waals surface area (Å²) in [5.41, 5.74) is 1.15. The molecule has 0 bridgehead atoms. The van der Waals surface area contributed by atoms with Crippen LogP contribution in [0.15, 0.2) is 36.4 Å². The fourth-order valence-electron chi connectivity index (χ4n) is 3.76. The molecular weight excluding hydrogens is 416 g/mol. The van der Waals surface area contributed by atoms with E-state index < -0.39 is 8.32 Å². The summed E-state index contributed by atoms with van der Waals surface area (Å²) in [6.07, 6.45) is 6.46. The van der Waals surface area contributed by atoms with Gasteiger partial charge >= 0.3 is 0 Å². The Morgan fingerprint density at radius 2 is 1.66 bits per heavy atom. The van der Waals surface area contributed by atoms with Crippen LogP contribution in [0.4, 0.5) is 0 Å². The third-order valence-corrected chi connectivity index (χ3v) is 11.4. The van der Waals surface area contributed by atoms with Crippen LogP contribution in [0.3, 0.4) is 0 Å². The quantitative estimate of drug-likeness (QED) is 0.165. The summed E-state index contributed by atoms with van der Waals surface area (Å²) in [5, 5.41) is 0.161. The fraction of sp³-hybridized carbons (Fsp3) is 0.704. The van der Waals surface area contributed by atoms with Crippen molar-refractivity contribution in [3.8, 4) is 5.75 Å². The van der Waals surface area contributed by atoms with E-state index >= 15 is 0 Å². The van der Waals surface area contributed by atoms with Crippen LogP contribution < -0.4 is 4.74 Å². The average Bonchev–Trinajstić information content (AvgIpc) is 2.74. The van der Waals surface area contributed by atoms with E-state index in [0.29, 0.717) is 19.1 Å². The van der Waals surface area contributed by atoms with Gasteiger partial charge in [0, 0.05) is 19.6 Å². The van der Waals surface area contributed by atoms with Crippen LogP contribution in [-0.2, 0) is 20.5 Å². The predicted octanol–water partition coefficient (Wildman–Crippen LogP) is 7.25. The molecule has 0 aliphatic rings. The first kappa shape index (κ1) is 28.9. The molecule has 0 aliphatic heterocycles. The molecule has 4 atom stereocenters.